The Bertz CT molecular complexity index is 487. The van der Waals surface area contributed by atoms with Gasteiger partial charge in [-0.2, -0.15) is 0 Å². The molecule has 0 aliphatic rings. The maximum absolute atomic E-state index is 12.2. The van der Waals surface area contributed by atoms with E-state index in [-0.39, 0.29) is 12.5 Å². The Morgan fingerprint density at radius 3 is 2.35 bits per heavy atom. The molecule has 5 heteroatoms. The number of amides is 1. The average molecular weight is 321 g/mol. The number of carbonyl (C=O) groups excluding carboxylic acids is 2. The van der Waals surface area contributed by atoms with Crippen molar-refractivity contribution < 1.29 is 19.1 Å². The van der Waals surface area contributed by atoms with Crippen molar-refractivity contribution in [2.45, 2.75) is 40.2 Å². The fraction of sp³-hybridized carbons (Fsp3) is 0.556. The molecule has 0 aliphatic heterocycles. The Morgan fingerprint density at radius 2 is 1.78 bits per heavy atom. The smallest absolute Gasteiger partial charge is 0.335 e. The highest BCUT2D eigenvalue weighted by Crippen LogP contribution is 2.13. The third-order valence-corrected chi connectivity index (χ3v) is 3.42. The maximum Gasteiger partial charge on any atom is 0.335 e. The highest BCUT2D eigenvalue weighted by Gasteiger charge is 2.19. The Labute approximate surface area is 138 Å². The van der Waals surface area contributed by atoms with E-state index in [1.165, 1.54) is 0 Å². The normalized spacial score (nSPS) is 12.0. The fourth-order valence-electron chi connectivity index (χ4n) is 1.99. The molecule has 0 spiro atoms. The Morgan fingerprint density at radius 1 is 1.13 bits per heavy atom. The van der Waals surface area contributed by atoms with Crippen molar-refractivity contribution >= 4 is 17.6 Å². The van der Waals surface area contributed by atoms with E-state index in [0.29, 0.717) is 19.1 Å². The van der Waals surface area contributed by atoms with Crippen LogP contribution in [0.2, 0.25) is 0 Å². The van der Waals surface area contributed by atoms with Gasteiger partial charge in [-0.15, -0.1) is 0 Å². The number of anilines is 1. The van der Waals surface area contributed by atoms with Gasteiger partial charge in [0.2, 0.25) is 0 Å². The molecule has 0 saturated heterocycles. The van der Waals surface area contributed by atoms with E-state index in [0.717, 1.165) is 12.1 Å². The Kier molecular flexibility index (Phi) is 8.33. The first kappa shape index (κ1) is 19.2. The lowest BCUT2D eigenvalue weighted by atomic mass is 10.1. The second kappa shape index (κ2) is 10.0. The first-order chi connectivity index (χ1) is 11.0. The van der Waals surface area contributed by atoms with E-state index in [1.807, 2.05) is 37.3 Å². The molecule has 0 fully saturated rings. The minimum Gasteiger partial charge on any atom is -0.454 e. The number of likely N-dealkylation sites (N-methyl/N-ethyl adjacent to an activating group) is 1. The molecule has 0 aliphatic carbocycles. The summed E-state index contributed by atoms with van der Waals surface area (Å²) >= 11 is 0. The molecule has 0 heterocycles. The molecule has 1 rings (SSSR count). The van der Waals surface area contributed by atoms with E-state index in [4.69, 9.17) is 9.47 Å². The topological polar surface area (TPSA) is 55.8 Å². The van der Waals surface area contributed by atoms with Crippen molar-refractivity contribution in [1.82, 2.24) is 0 Å². The summed E-state index contributed by atoms with van der Waals surface area (Å²) in [5, 5.41) is 0. The van der Waals surface area contributed by atoms with Gasteiger partial charge in [0.15, 0.2) is 12.7 Å². The van der Waals surface area contributed by atoms with E-state index in [1.54, 1.807) is 11.8 Å². The molecule has 1 aromatic rings. The van der Waals surface area contributed by atoms with Crippen LogP contribution < -0.4 is 4.90 Å². The summed E-state index contributed by atoms with van der Waals surface area (Å²) in [7, 11) is 0. The predicted octanol–water partition coefficient (Wildman–Crippen LogP) is 3.03. The zero-order valence-corrected chi connectivity index (χ0v) is 14.5. The van der Waals surface area contributed by atoms with Gasteiger partial charge in [0.1, 0.15) is 0 Å². The van der Waals surface area contributed by atoms with Crippen molar-refractivity contribution in [2.24, 2.45) is 5.92 Å². The van der Waals surface area contributed by atoms with E-state index in [9.17, 15) is 9.59 Å². The van der Waals surface area contributed by atoms with Crippen molar-refractivity contribution in [3.8, 4) is 0 Å². The van der Waals surface area contributed by atoms with Crippen LogP contribution in [0.4, 0.5) is 5.69 Å². The summed E-state index contributed by atoms with van der Waals surface area (Å²) in [5.41, 5.74) is 0.789. The van der Waals surface area contributed by atoms with Crippen LogP contribution in [0.1, 0.15) is 34.1 Å². The van der Waals surface area contributed by atoms with Gasteiger partial charge in [0, 0.05) is 18.8 Å². The standard InChI is InChI=1S/C18H27NO4/c1-5-19(16-9-7-6-8-10-16)17(20)13-23-18(21)15(4)22-12-11-14(2)3/h6-10,14-15H,5,11-13H2,1-4H3. The van der Waals surface area contributed by atoms with Crippen LogP contribution in [-0.2, 0) is 19.1 Å². The van der Waals surface area contributed by atoms with Crippen LogP contribution in [0, 0.1) is 5.92 Å². The minimum atomic E-state index is -0.659. The molecule has 1 unspecified atom stereocenters. The monoisotopic (exact) mass is 321 g/mol. The molecule has 1 amide bonds. The molecular weight excluding hydrogens is 294 g/mol. The largest absolute Gasteiger partial charge is 0.454 e. The van der Waals surface area contributed by atoms with Gasteiger partial charge in [-0.05, 0) is 38.3 Å². The molecule has 0 N–H and O–H groups in total. The molecule has 0 radical (unpaired) electrons. The lowest BCUT2D eigenvalue weighted by molar-refractivity contribution is -0.158. The number of benzene rings is 1. The SMILES string of the molecule is CCN(C(=O)COC(=O)C(C)OCCC(C)C)c1ccccc1. The van der Waals surface area contributed by atoms with Crippen LogP contribution in [0.3, 0.4) is 0 Å². The first-order valence-corrected chi connectivity index (χ1v) is 8.09. The minimum absolute atomic E-state index is 0.249. The molecular formula is C18H27NO4. The molecule has 128 valence electrons. The average Bonchev–Trinajstić information content (AvgIpc) is 2.53. The van der Waals surface area contributed by atoms with Gasteiger partial charge in [-0.25, -0.2) is 4.79 Å². The second-order valence-corrected chi connectivity index (χ2v) is 5.78. The van der Waals surface area contributed by atoms with Crippen molar-refractivity contribution in [3.05, 3.63) is 30.3 Å². The van der Waals surface area contributed by atoms with Crippen LogP contribution in [0.25, 0.3) is 0 Å². The second-order valence-electron chi connectivity index (χ2n) is 5.78. The Hall–Kier alpha value is -1.88. The van der Waals surface area contributed by atoms with E-state index in [2.05, 4.69) is 13.8 Å². The van der Waals surface area contributed by atoms with Crippen molar-refractivity contribution in [2.75, 3.05) is 24.7 Å². The van der Waals surface area contributed by atoms with Crippen molar-refractivity contribution in [3.63, 3.8) is 0 Å². The molecule has 23 heavy (non-hydrogen) atoms. The zero-order valence-electron chi connectivity index (χ0n) is 14.5. The van der Waals surface area contributed by atoms with E-state index >= 15 is 0 Å². The lowest BCUT2D eigenvalue weighted by Gasteiger charge is -2.21. The Balaban J connectivity index is 2.43. The first-order valence-electron chi connectivity index (χ1n) is 8.09. The van der Waals surface area contributed by atoms with Crippen LogP contribution in [0.5, 0.6) is 0 Å². The summed E-state index contributed by atoms with van der Waals surface area (Å²) in [6.45, 7) is 8.45. The van der Waals surface area contributed by atoms with Crippen LogP contribution >= 0.6 is 0 Å². The van der Waals surface area contributed by atoms with Crippen LogP contribution in [0.15, 0.2) is 30.3 Å². The summed E-state index contributed by atoms with van der Waals surface area (Å²) < 4.78 is 10.5. The highest BCUT2D eigenvalue weighted by molar-refractivity contribution is 5.95. The summed E-state index contributed by atoms with van der Waals surface area (Å²) in [6, 6.07) is 9.31. The third kappa shape index (κ3) is 6.82. The number of nitrogens with zero attached hydrogens (tertiary/aromatic N) is 1. The number of para-hydroxylation sites is 1. The van der Waals surface area contributed by atoms with Gasteiger partial charge in [0.25, 0.3) is 5.91 Å². The fourth-order valence-corrected chi connectivity index (χ4v) is 1.99. The number of carbonyl (C=O) groups is 2. The van der Waals surface area contributed by atoms with Gasteiger partial charge >= 0.3 is 5.97 Å². The molecule has 0 aromatic heterocycles. The molecule has 1 aromatic carbocycles. The summed E-state index contributed by atoms with van der Waals surface area (Å²) in [4.78, 5) is 25.6. The van der Waals surface area contributed by atoms with E-state index < -0.39 is 12.1 Å². The predicted molar refractivity (Wildman–Crippen MR) is 90.3 cm³/mol. The lowest BCUT2D eigenvalue weighted by Crippen LogP contribution is -2.36. The maximum atomic E-state index is 12.2. The zero-order chi connectivity index (χ0) is 17.2. The number of rotatable bonds is 9. The molecule has 0 saturated carbocycles. The number of ether oxygens (including phenoxy) is 2. The van der Waals surface area contributed by atoms with Gasteiger partial charge in [-0.3, -0.25) is 4.79 Å². The van der Waals surface area contributed by atoms with Crippen molar-refractivity contribution in [1.29, 1.82) is 0 Å². The molecule has 0 bridgehead atoms. The number of hydrogen-bond donors (Lipinski definition) is 0. The highest BCUT2D eigenvalue weighted by atomic mass is 16.6. The third-order valence-electron chi connectivity index (χ3n) is 3.42. The van der Waals surface area contributed by atoms with Crippen LogP contribution in [-0.4, -0.2) is 37.7 Å². The summed E-state index contributed by atoms with van der Waals surface area (Å²) in [5.74, 6) is -0.239. The summed E-state index contributed by atoms with van der Waals surface area (Å²) in [6.07, 6.45) is 0.224. The van der Waals surface area contributed by atoms with Gasteiger partial charge in [-0.1, -0.05) is 32.0 Å². The molecule has 5 nitrogen and oxygen atoms in total. The van der Waals surface area contributed by atoms with Gasteiger partial charge < -0.3 is 14.4 Å². The quantitative estimate of drug-likeness (QED) is 0.656. The molecule has 1 atom stereocenters. The number of esters is 1. The van der Waals surface area contributed by atoms with Gasteiger partial charge in [0.05, 0.1) is 0 Å². The number of hydrogen-bond acceptors (Lipinski definition) is 4.